The number of nitrogens with zero attached hydrogens (tertiary/aromatic N) is 2. The summed E-state index contributed by atoms with van der Waals surface area (Å²) < 4.78 is 0. The number of rotatable bonds is 5. The van der Waals surface area contributed by atoms with E-state index in [4.69, 9.17) is 0 Å². The zero-order valence-electron chi connectivity index (χ0n) is 12.3. The quantitative estimate of drug-likeness (QED) is 0.672. The van der Waals surface area contributed by atoms with E-state index in [1.165, 1.54) is 0 Å². The van der Waals surface area contributed by atoms with Crippen LogP contribution in [-0.4, -0.2) is 32.8 Å². The summed E-state index contributed by atoms with van der Waals surface area (Å²) >= 11 is 0. The molecule has 116 valence electrons. The number of aliphatic hydroxyl groups excluding tert-OH is 1. The molecule has 2 aromatic heterocycles. The lowest BCUT2D eigenvalue weighted by Crippen LogP contribution is -2.31. The number of aliphatic hydroxyl groups is 1. The van der Waals surface area contributed by atoms with Crippen LogP contribution in [0, 0.1) is 0 Å². The van der Waals surface area contributed by atoms with Crippen molar-refractivity contribution in [2.45, 2.75) is 6.04 Å². The fourth-order valence-electron chi connectivity index (χ4n) is 2.26. The van der Waals surface area contributed by atoms with Gasteiger partial charge in [0.05, 0.1) is 18.3 Å². The summed E-state index contributed by atoms with van der Waals surface area (Å²) in [6.07, 6.45) is 3.34. The van der Waals surface area contributed by atoms with E-state index in [1.54, 1.807) is 18.5 Å². The molecule has 0 bridgehead atoms. The summed E-state index contributed by atoms with van der Waals surface area (Å²) in [6, 6.07) is 14.2. The maximum absolute atomic E-state index is 12.3. The van der Waals surface area contributed by atoms with Crippen molar-refractivity contribution in [3.63, 3.8) is 0 Å². The average Bonchev–Trinajstić information content (AvgIpc) is 3.11. The summed E-state index contributed by atoms with van der Waals surface area (Å²) in [6.45, 7) is -0.179. The van der Waals surface area contributed by atoms with Crippen LogP contribution in [0.4, 0.5) is 0 Å². The predicted molar refractivity (Wildman–Crippen MR) is 85.6 cm³/mol. The van der Waals surface area contributed by atoms with Crippen LogP contribution in [0.5, 0.6) is 0 Å². The summed E-state index contributed by atoms with van der Waals surface area (Å²) in [5.41, 5.74) is 2.72. The van der Waals surface area contributed by atoms with Gasteiger partial charge in [0.1, 0.15) is 5.69 Å². The van der Waals surface area contributed by atoms with Gasteiger partial charge < -0.3 is 10.4 Å². The number of hydrogen-bond acceptors (Lipinski definition) is 4. The van der Waals surface area contributed by atoms with Crippen molar-refractivity contribution < 1.29 is 9.90 Å². The lowest BCUT2D eigenvalue weighted by molar-refractivity contribution is 0.0911. The molecule has 1 amide bonds. The Kier molecular flexibility index (Phi) is 4.44. The molecule has 0 aliphatic rings. The number of pyridine rings is 1. The van der Waals surface area contributed by atoms with Crippen LogP contribution in [0.2, 0.25) is 0 Å². The van der Waals surface area contributed by atoms with Gasteiger partial charge in [0.15, 0.2) is 0 Å². The predicted octanol–water partition coefficient (Wildman–Crippen LogP) is 1.94. The molecular weight excluding hydrogens is 292 g/mol. The SMILES string of the molecule is O=C(NC(CO)c1ccccc1)c1cc(-c2ccncc2)n[nH]1. The molecule has 2 heterocycles. The van der Waals surface area contributed by atoms with Crippen LogP contribution < -0.4 is 5.32 Å². The monoisotopic (exact) mass is 308 g/mol. The Morgan fingerprint density at radius 2 is 1.91 bits per heavy atom. The van der Waals surface area contributed by atoms with E-state index in [-0.39, 0.29) is 12.5 Å². The summed E-state index contributed by atoms with van der Waals surface area (Å²) in [5.74, 6) is -0.319. The Bertz CT molecular complexity index is 772. The normalized spacial score (nSPS) is 11.9. The topological polar surface area (TPSA) is 90.9 Å². The first-order valence-corrected chi connectivity index (χ1v) is 7.20. The molecule has 1 atom stereocenters. The van der Waals surface area contributed by atoms with Gasteiger partial charge in [-0.15, -0.1) is 0 Å². The Hall–Kier alpha value is -2.99. The van der Waals surface area contributed by atoms with E-state index < -0.39 is 6.04 Å². The minimum atomic E-state index is -0.462. The van der Waals surface area contributed by atoms with Gasteiger partial charge in [-0.1, -0.05) is 30.3 Å². The zero-order chi connectivity index (χ0) is 16.1. The van der Waals surface area contributed by atoms with E-state index in [9.17, 15) is 9.90 Å². The summed E-state index contributed by atoms with van der Waals surface area (Å²) in [4.78, 5) is 16.3. The van der Waals surface area contributed by atoms with Crippen LogP contribution in [-0.2, 0) is 0 Å². The minimum absolute atomic E-state index is 0.179. The van der Waals surface area contributed by atoms with E-state index in [2.05, 4.69) is 20.5 Å². The van der Waals surface area contributed by atoms with Crippen LogP contribution >= 0.6 is 0 Å². The lowest BCUT2D eigenvalue weighted by Gasteiger charge is -2.15. The van der Waals surface area contributed by atoms with Crippen molar-refractivity contribution in [3.05, 3.63) is 72.2 Å². The molecule has 3 rings (SSSR count). The van der Waals surface area contributed by atoms with Crippen molar-refractivity contribution in [1.82, 2.24) is 20.5 Å². The molecule has 0 fully saturated rings. The molecule has 1 unspecified atom stereocenters. The second kappa shape index (κ2) is 6.85. The molecule has 0 saturated carbocycles. The second-order valence-corrected chi connectivity index (χ2v) is 5.02. The van der Waals surface area contributed by atoms with E-state index >= 15 is 0 Å². The van der Waals surface area contributed by atoms with E-state index in [0.717, 1.165) is 11.1 Å². The Morgan fingerprint density at radius 3 is 2.61 bits per heavy atom. The molecule has 6 heteroatoms. The molecule has 0 aliphatic heterocycles. The third kappa shape index (κ3) is 3.44. The molecular formula is C17H16N4O2. The van der Waals surface area contributed by atoms with Crippen molar-refractivity contribution in [1.29, 1.82) is 0 Å². The highest BCUT2D eigenvalue weighted by atomic mass is 16.3. The maximum Gasteiger partial charge on any atom is 0.269 e. The molecule has 23 heavy (non-hydrogen) atoms. The minimum Gasteiger partial charge on any atom is -0.394 e. The number of benzene rings is 1. The van der Waals surface area contributed by atoms with E-state index in [0.29, 0.717) is 11.4 Å². The number of carbonyl (C=O) groups excluding carboxylic acids is 1. The van der Waals surface area contributed by atoms with Gasteiger partial charge in [-0.2, -0.15) is 5.10 Å². The highest BCUT2D eigenvalue weighted by molar-refractivity contribution is 5.93. The molecule has 0 radical (unpaired) electrons. The van der Waals surface area contributed by atoms with Crippen molar-refractivity contribution in [3.8, 4) is 11.3 Å². The van der Waals surface area contributed by atoms with Gasteiger partial charge in [0.2, 0.25) is 0 Å². The molecule has 0 spiro atoms. The maximum atomic E-state index is 12.3. The fraction of sp³-hybridized carbons (Fsp3) is 0.118. The van der Waals surface area contributed by atoms with Gasteiger partial charge in [0, 0.05) is 18.0 Å². The molecule has 3 N–H and O–H groups in total. The molecule has 6 nitrogen and oxygen atoms in total. The van der Waals surface area contributed by atoms with E-state index in [1.807, 2.05) is 42.5 Å². The number of hydrogen-bond donors (Lipinski definition) is 3. The molecule has 0 saturated heterocycles. The fourth-order valence-corrected chi connectivity index (χ4v) is 2.26. The summed E-state index contributed by atoms with van der Waals surface area (Å²) in [5, 5.41) is 19.2. The number of carbonyl (C=O) groups is 1. The van der Waals surface area contributed by atoms with Crippen LogP contribution in [0.3, 0.4) is 0 Å². The number of nitrogens with one attached hydrogen (secondary N) is 2. The molecule has 0 aliphatic carbocycles. The molecule has 3 aromatic rings. The lowest BCUT2D eigenvalue weighted by atomic mass is 10.1. The van der Waals surface area contributed by atoms with Gasteiger partial charge in [-0.05, 0) is 23.8 Å². The van der Waals surface area contributed by atoms with Crippen LogP contribution in [0.25, 0.3) is 11.3 Å². The van der Waals surface area contributed by atoms with Gasteiger partial charge >= 0.3 is 0 Å². The largest absolute Gasteiger partial charge is 0.394 e. The first-order chi connectivity index (χ1) is 11.3. The highest BCUT2D eigenvalue weighted by Gasteiger charge is 2.17. The number of aromatic nitrogens is 3. The second-order valence-electron chi connectivity index (χ2n) is 5.02. The highest BCUT2D eigenvalue weighted by Crippen LogP contribution is 2.17. The summed E-state index contributed by atoms with van der Waals surface area (Å²) in [7, 11) is 0. The third-order valence-electron chi connectivity index (χ3n) is 3.49. The zero-order valence-corrected chi connectivity index (χ0v) is 12.3. The number of H-pyrrole nitrogens is 1. The first-order valence-electron chi connectivity index (χ1n) is 7.20. The van der Waals surface area contributed by atoms with Gasteiger partial charge in [-0.3, -0.25) is 14.9 Å². The van der Waals surface area contributed by atoms with Crippen molar-refractivity contribution in [2.75, 3.05) is 6.61 Å². The smallest absolute Gasteiger partial charge is 0.269 e. The van der Waals surface area contributed by atoms with Crippen molar-refractivity contribution >= 4 is 5.91 Å². The third-order valence-corrected chi connectivity index (χ3v) is 3.49. The van der Waals surface area contributed by atoms with Crippen molar-refractivity contribution in [2.24, 2.45) is 0 Å². The number of amides is 1. The Labute approximate surface area is 133 Å². The van der Waals surface area contributed by atoms with Crippen LogP contribution in [0.1, 0.15) is 22.1 Å². The average molecular weight is 308 g/mol. The Balaban J connectivity index is 1.75. The first kappa shape index (κ1) is 14.9. The molecule has 1 aromatic carbocycles. The number of aromatic amines is 1. The van der Waals surface area contributed by atoms with Gasteiger partial charge in [0.25, 0.3) is 5.91 Å². The Morgan fingerprint density at radius 1 is 1.17 bits per heavy atom. The van der Waals surface area contributed by atoms with Crippen LogP contribution in [0.15, 0.2) is 60.9 Å². The standard InChI is InChI=1S/C17H16N4O2/c22-11-16(12-4-2-1-3-5-12)19-17(23)15-10-14(20-21-15)13-6-8-18-9-7-13/h1-10,16,22H,11H2,(H,19,23)(H,20,21). The van der Waals surface area contributed by atoms with Gasteiger partial charge in [-0.25, -0.2) is 0 Å².